The van der Waals surface area contributed by atoms with Gasteiger partial charge in [-0.25, -0.2) is 0 Å². The zero-order valence-corrected chi connectivity index (χ0v) is 12.4. The highest BCUT2D eigenvalue weighted by Crippen LogP contribution is 2.20. The fourth-order valence-electron chi connectivity index (χ4n) is 1.69. The number of hydrogen-bond donors (Lipinski definition) is 0. The van der Waals surface area contributed by atoms with E-state index < -0.39 is 10.8 Å². The lowest BCUT2D eigenvalue weighted by molar-refractivity contribution is 0.101. The number of carbonyl (C=O) groups is 1. The van der Waals surface area contributed by atoms with Crippen molar-refractivity contribution in [3.63, 3.8) is 0 Å². The third-order valence-electron chi connectivity index (χ3n) is 2.67. The zero-order valence-electron chi connectivity index (χ0n) is 11.6. The number of Topliss-reactive ketones (excluding diaryl/α,β-unsaturated/α-hetero) is 1. The molecule has 1 rings (SSSR count). The van der Waals surface area contributed by atoms with E-state index in [0.717, 1.165) is 5.56 Å². The molecule has 0 spiro atoms. The van der Waals surface area contributed by atoms with Crippen molar-refractivity contribution >= 4 is 16.6 Å². The molecule has 1 atom stereocenters. The number of rotatable bonds is 8. The molecule has 0 aliphatic carbocycles. The highest BCUT2D eigenvalue weighted by Gasteiger charge is 2.15. The van der Waals surface area contributed by atoms with Crippen molar-refractivity contribution < 1.29 is 18.5 Å². The van der Waals surface area contributed by atoms with Crippen molar-refractivity contribution in [2.45, 2.75) is 13.3 Å². The van der Waals surface area contributed by atoms with Gasteiger partial charge in [0.25, 0.3) is 0 Å². The van der Waals surface area contributed by atoms with Crippen LogP contribution in [-0.2, 0) is 15.5 Å². The molecule has 1 unspecified atom stereocenters. The number of carbonyl (C=O) groups excluding carboxylic acids is 1. The Morgan fingerprint density at radius 3 is 2.68 bits per heavy atom. The molecule has 0 aliphatic heterocycles. The first-order valence-corrected chi connectivity index (χ1v) is 7.59. The smallest absolute Gasteiger partial charge is 0.179 e. The summed E-state index contributed by atoms with van der Waals surface area (Å²) in [6.07, 6.45) is 0.696. The molecule has 4 nitrogen and oxygen atoms in total. The lowest BCUT2D eigenvalue weighted by Crippen LogP contribution is -2.15. The zero-order chi connectivity index (χ0) is 14.3. The van der Waals surface area contributed by atoms with Crippen LogP contribution in [-0.4, -0.2) is 42.3 Å². The van der Waals surface area contributed by atoms with Crippen LogP contribution in [0.15, 0.2) is 18.2 Å². The van der Waals surface area contributed by atoms with Crippen molar-refractivity contribution in [1.82, 2.24) is 0 Å². The van der Waals surface area contributed by atoms with Crippen LogP contribution in [0, 0.1) is 6.92 Å². The lowest BCUT2D eigenvalue weighted by atomic mass is 10.1. The summed E-state index contributed by atoms with van der Waals surface area (Å²) in [5.41, 5.74) is 1.52. The van der Waals surface area contributed by atoms with E-state index in [1.54, 1.807) is 19.2 Å². The molecule has 1 aromatic carbocycles. The summed E-state index contributed by atoms with van der Waals surface area (Å²) in [4.78, 5) is 12.1. The van der Waals surface area contributed by atoms with Crippen LogP contribution in [0.4, 0.5) is 0 Å². The molecular weight excluding hydrogens is 264 g/mol. The van der Waals surface area contributed by atoms with Gasteiger partial charge in [-0.05, 0) is 31.0 Å². The van der Waals surface area contributed by atoms with E-state index in [0.29, 0.717) is 30.1 Å². The van der Waals surface area contributed by atoms with Crippen LogP contribution in [0.3, 0.4) is 0 Å². The van der Waals surface area contributed by atoms with Gasteiger partial charge in [0.2, 0.25) is 0 Å². The number of benzene rings is 1. The second kappa shape index (κ2) is 8.07. The molecular formula is C14H20O4S. The van der Waals surface area contributed by atoms with Crippen molar-refractivity contribution in [2.75, 3.05) is 32.3 Å². The molecule has 5 heteroatoms. The Morgan fingerprint density at radius 1 is 1.32 bits per heavy atom. The molecule has 0 fully saturated rings. The minimum absolute atomic E-state index is 0.0309. The van der Waals surface area contributed by atoms with Gasteiger partial charge in [-0.15, -0.1) is 0 Å². The quantitative estimate of drug-likeness (QED) is 0.541. The van der Waals surface area contributed by atoms with E-state index >= 15 is 0 Å². The number of aryl methyl sites for hydroxylation is 1. The minimum Gasteiger partial charge on any atom is -0.496 e. The van der Waals surface area contributed by atoms with E-state index in [2.05, 4.69) is 0 Å². The summed E-state index contributed by atoms with van der Waals surface area (Å²) in [6, 6.07) is 5.38. The van der Waals surface area contributed by atoms with Crippen molar-refractivity contribution in [1.29, 1.82) is 0 Å². The van der Waals surface area contributed by atoms with E-state index in [4.69, 9.17) is 9.47 Å². The summed E-state index contributed by atoms with van der Waals surface area (Å²) in [5.74, 6) is 0.906. The van der Waals surface area contributed by atoms with E-state index in [9.17, 15) is 9.00 Å². The Hall–Kier alpha value is -1.20. The van der Waals surface area contributed by atoms with Crippen LogP contribution >= 0.6 is 0 Å². The fraction of sp³-hybridized carbons (Fsp3) is 0.500. The number of methoxy groups -OCH3 is 2. The maximum Gasteiger partial charge on any atom is 0.179 e. The van der Waals surface area contributed by atoms with Gasteiger partial charge in [-0.2, -0.15) is 0 Å². The fourth-order valence-corrected chi connectivity index (χ4v) is 2.72. The molecule has 0 saturated carbocycles. The summed E-state index contributed by atoms with van der Waals surface area (Å²) < 4.78 is 21.8. The Labute approximate surface area is 116 Å². The van der Waals surface area contributed by atoms with Crippen LogP contribution in [0.5, 0.6) is 5.75 Å². The molecule has 19 heavy (non-hydrogen) atoms. The molecule has 0 bridgehead atoms. The average molecular weight is 284 g/mol. The Kier molecular flexibility index (Phi) is 6.73. The maximum atomic E-state index is 12.1. The van der Waals surface area contributed by atoms with Crippen molar-refractivity contribution in [2.24, 2.45) is 0 Å². The highest BCUT2D eigenvalue weighted by molar-refractivity contribution is 7.85. The molecule has 0 saturated heterocycles. The van der Waals surface area contributed by atoms with Crippen molar-refractivity contribution in [3.8, 4) is 5.75 Å². The normalized spacial score (nSPS) is 12.2. The van der Waals surface area contributed by atoms with Crippen LogP contribution in [0.2, 0.25) is 0 Å². The number of ketones is 1. The van der Waals surface area contributed by atoms with Gasteiger partial charge in [0.05, 0.1) is 18.4 Å². The van der Waals surface area contributed by atoms with Gasteiger partial charge >= 0.3 is 0 Å². The molecule has 0 amide bonds. The molecule has 0 aromatic heterocycles. The molecule has 0 radical (unpaired) electrons. The van der Waals surface area contributed by atoms with Crippen molar-refractivity contribution in [3.05, 3.63) is 29.3 Å². The maximum absolute atomic E-state index is 12.1. The predicted molar refractivity (Wildman–Crippen MR) is 76.4 cm³/mol. The number of ether oxygens (including phenoxy) is 2. The molecule has 0 aliphatic rings. The first kappa shape index (κ1) is 15.9. The van der Waals surface area contributed by atoms with E-state index in [1.165, 1.54) is 7.11 Å². The molecule has 106 valence electrons. The Bertz CT molecular complexity index is 457. The van der Waals surface area contributed by atoms with Crippen LogP contribution < -0.4 is 4.74 Å². The first-order valence-electron chi connectivity index (χ1n) is 6.10. The lowest BCUT2D eigenvalue weighted by Gasteiger charge is -2.08. The minimum atomic E-state index is -1.15. The third kappa shape index (κ3) is 5.12. The first-order chi connectivity index (χ1) is 9.08. The summed E-state index contributed by atoms with van der Waals surface area (Å²) >= 11 is 0. The van der Waals surface area contributed by atoms with E-state index in [1.807, 2.05) is 13.0 Å². The molecule has 1 aromatic rings. The third-order valence-corrected chi connectivity index (χ3v) is 4.00. The summed E-state index contributed by atoms with van der Waals surface area (Å²) in [7, 11) is 1.98. The average Bonchev–Trinajstić information content (AvgIpc) is 2.38. The van der Waals surface area contributed by atoms with Gasteiger partial charge in [0.1, 0.15) is 5.75 Å². The Balaban J connectivity index is 2.65. The molecule has 0 heterocycles. The van der Waals surface area contributed by atoms with Crippen LogP contribution in [0.25, 0.3) is 0 Å². The topological polar surface area (TPSA) is 52.6 Å². The SMILES string of the molecule is COCCCS(=O)CC(=O)c1ccc(C)cc1OC. The van der Waals surface area contributed by atoms with Crippen LogP contribution in [0.1, 0.15) is 22.3 Å². The standard InChI is InChI=1S/C14H20O4S/c1-11-5-6-12(14(9-11)18-3)13(15)10-19(16)8-4-7-17-2/h5-6,9H,4,7-8,10H2,1-3H3. The van der Waals surface area contributed by atoms with Gasteiger partial charge < -0.3 is 9.47 Å². The second-order valence-corrected chi connectivity index (χ2v) is 5.84. The highest BCUT2D eigenvalue weighted by atomic mass is 32.2. The van der Waals surface area contributed by atoms with Gasteiger partial charge in [-0.1, -0.05) is 6.07 Å². The summed E-state index contributed by atoms with van der Waals surface area (Å²) in [5, 5.41) is 0. The molecule has 0 N–H and O–H groups in total. The predicted octanol–water partition coefficient (Wildman–Crippen LogP) is 1.97. The summed E-state index contributed by atoms with van der Waals surface area (Å²) in [6.45, 7) is 2.49. The van der Waals surface area contributed by atoms with Gasteiger partial charge in [0, 0.05) is 30.3 Å². The monoisotopic (exact) mass is 284 g/mol. The second-order valence-electron chi connectivity index (χ2n) is 4.26. The number of hydrogen-bond acceptors (Lipinski definition) is 4. The largest absolute Gasteiger partial charge is 0.496 e. The van der Waals surface area contributed by atoms with Gasteiger partial charge in [-0.3, -0.25) is 9.00 Å². The Morgan fingerprint density at radius 2 is 2.05 bits per heavy atom. The van der Waals surface area contributed by atoms with E-state index in [-0.39, 0.29) is 11.5 Å². The van der Waals surface area contributed by atoms with Gasteiger partial charge in [0.15, 0.2) is 5.78 Å².